The summed E-state index contributed by atoms with van der Waals surface area (Å²) in [4.78, 5) is 3.13. The van der Waals surface area contributed by atoms with Crippen LogP contribution in [0.1, 0.15) is 0 Å². The van der Waals surface area contributed by atoms with E-state index in [0.29, 0.717) is 22.2 Å². The Bertz CT molecular complexity index is 549. The van der Waals surface area contributed by atoms with Gasteiger partial charge in [0, 0.05) is 6.07 Å². The Labute approximate surface area is 97.9 Å². The van der Waals surface area contributed by atoms with Gasteiger partial charge in [-0.15, -0.1) is 0 Å². The molecule has 2 aromatic rings. The first kappa shape index (κ1) is 10.5. The Morgan fingerprint density at radius 3 is 2.25 bits per heavy atom. The molecule has 4 heteroatoms. The number of para-hydroxylation sites is 2. The molecule has 0 atom stereocenters. The van der Waals surface area contributed by atoms with Gasteiger partial charge in [0.05, 0.1) is 5.02 Å². The second-order valence-electron chi connectivity index (χ2n) is 3.10. The van der Waals surface area contributed by atoms with Gasteiger partial charge in [-0.25, -0.2) is 0 Å². The molecule has 0 saturated carbocycles. The largest absolute Gasteiger partial charge is 0.447 e. The quantitative estimate of drug-likeness (QED) is 0.708. The number of ether oxygens (including phenoxy) is 1. The highest BCUT2D eigenvalue weighted by molar-refractivity contribution is 6.32. The summed E-state index contributed by atoms with van der Waals surface area (Å²) < 4.78 is 5.55. The van der Waals surface area contributed by atoms with Crippen LogP contribution in [0.15, 0.2) is 48.5 Å². The van der Waals surface area contributed by atoms with E-state index in [9.17, 15) is 0 Å². The van der Waals surface area contributed by atoms with Crippen LogP contribution in [0.4, 0.5) is 5.69 Å². The maximum absolute atomic E-state index is 8.78. The third-order valence-electron chi connectivity index (χ3n) is 2.03. The highest BCUT2D eigenvalue weighted by atomic mass is 35.5. The van der Waals surface area contributed by atoms with Crippen LogP contribution in [-0.2, 0) is 0 Å². The van der Waals surface area contributed by atoms with Crippen LogP contribution < -0.4 is 4.74 Å². The van der Waals surface area contributed by atoms with E-state index >= 15 is 0 Å². The number of benzene rings is 2. The van der Waals surface area contributed by atoms with E-state index in [0.717, 1.165) is 0 Å². The molecule has 0 N–H and O–H groups in total. The minimum Gasteiger partial charge on any atom is -0.447 e. The van der Waals surface area contributed by atoms with Gasteiger partial charge < -0.3 is 4.74 Å². The van der Waals surface area contributed by atoms with E-state index in [1.165, 1.54) is 0 Å². The van der Waals surface area contributed by atoms with Crippen molar-refractivity contribution in [2.24, 2.45) is 0 Å². The molecule has 0 amide bonds. The molecule has 0 saturated heterocycles. The Morgan fingerprint density at radius 1 is 0.938 bits per heavy atom. The highest BCUT2D eigenvalue weighted by Gasteiger charge is 2.15. The molecular formula is C12H8ClN2O+. The monoisotopic (exact) mass is 231 g/mol. The zero-order chi connectivity index (χ0) is 11.4. The molecule has 0 aromatic heterocycles. The van der Waals surface area contributed by atoms with Crippen molar-refractivity contribution in [1.82, 2.24) is 0 Å². The first-order valence-electron chi connectivity index (χ1n) is 4.68. The molecule has 0 fully saturated rings. The fourth-order valence-corrected chi connectivity index (χ4v) is 1.45. The number of halogens is 1. The summed E-state index contributed by atoms with van der Waals surface area (Å²) in [5.41, 5.74) is 0.363. The number of rotatable bonds is 2. The molecule has 0 aliphatic carbocycles. The first-order chi connectivity index (χ1) is 7.81. The molecule has 0 aliphatic heterocycles. The summed E-state index contributed by atoms with van der Waals surface area (Å²) in [6.07, 6.45) is 0. The maximum Gasteiger partial charge on any atom is 0.426 e. The van der Waals surface area contributed by atoms with Gasteiger partial charge in [0.1, 0.15) is 5.75 Å². The van der Waals surface area contributed by atoms with Crippen molar-refractivity contribution in [2.45, 2.75) is 0 Å². The molecule has 0 bridgehead atoms. The predicted octanol–water partition coefficient (Wildman–Crippen LogP) is 4.62. The lowest BCUT2D eigenvalue weighted by Gasteiger charge is -2.04. The van der Waals surface area contributed by atoms with Crippen LogP contribution in [0.3, 0.4) is 0 Å². The van der Waals surface area contributed by atoms with Gasteiger partial charge >= 0.3 is 5.69 Å². The summed E-state index contributed by atoms with van der Waals surface area (Å²) >= 11 is 5.95. The molecule has 0 aliphatic rings. The molecule has 0 heterocycles. The number of hydrogen-bond acceptors (Lipinski definition) is 2. The van der Waals surface area contributed by atoms with E-state index in [1.54, 1.807) is 36.4 Å². The number of nitrogens with zero attached hydrogens (tertiary/aromatic N) is 2. The van der Waals surface area contributed by atoms with Gasteiger partial charge in [0.25, 0.3) is 0 Å². The minimum absolute atomic E-state index is 0.363. The summed E-state index contributed by atoms with van der Waals surface area (Å²) in [6, 6.07) is 14.0. The van der Waals surface area contributed by atoms with Gasteiger partial charge in [-0.3, -0.25) is 0 Å². The van der Waals surface area contributed by atoms with E-state index < -0.39 is 0 Å². The molecule has 2 rings (SSSR count). The van der Waals surface area contributed by atoms with Crippen molar-refractivity contribution in [1.29, 1.82) is 5.39 Å². The van der Waals surface area contributed by atoms with Crippen molar-refractivity contribution in [2.75, 3.05) is 0 Å². The molecule has 16 heavy (non-hydrogen) atoms. The van der Waals surface area contributed by atoms with Gasteiger partial charge in [0.2, 0.25) is 11.1 Å². The Hall–Kier alpha value is -2.05. The summed E-state index contributed by atoms with van der Waals surface area (Å²) in [5, 5.41) is 9.29. The van der Waals surface area contributed by atoms with Crippen LogP contribution in [0.5, 0.6) is 11.5 Å². The summed E-state index contributed by atoms with van der Waals surface area (Å²) in [5.74, 6) is 0.985. The normalized spacial score (nSPS) is 9.50. The van der Waals surface area contributed by atoms with Gasteiger partial charge in [0.15, 0.2) is 4.98 Å². The fourth-order valence-electron chi connectivity index (χ4n) is 1.27. The van der Waals surface area contributed by atoms with Crippen molar-refractivity contribution < 1.29 is 4.74 Å². The van der Waals surface area contributed by atoms with Crippen LogP contribution in [0.2, 0.25) is 5.02 Å². The lowest BCUT2D eigenvalue weighted by Crippen LogP contribution is -1.84. The zero-order valence-electron chi connectivity index (χ0n) is 8.30. The van der Waals surface area contributed by atoms with Crippen molar-refractivity contribution in [3.8, 4) is 11.5 Å². The van der Waals surface area contributed by atoms with Crippen LogP contribution in [0.25, 0.3) is 4.98 Å². The van der Waals surface area contributed by atoms with Crippen molar-refractivity contribution >= 4 is 17.3 Å². The fraction of sp³-hybridized carbons (Fsp3) is 0. The predicted molar refractivity (Wildman–Crippen MR) is 62.7 cm³/mol. The molecular weight excluding hydrogens is 224 g/mol. The van der Waals surface area contributed by atoms with Gasteiger partial charge in [-0.2, -0.15) is 0 Å². The topological polar surface area (TPSA) is 37.4 Å². The second kappa shape index (κ2) is 4.65. The smallest absolute Gasteiger partial charge is 0.426 e. The first-order valence-corrected chi connectivity index (χ1v) is 5.05. The molecule has 78 valence electrons. The van der Waals surface area contributed by atoms with Gasteiger partial charge in [-0.05, 0) is 18.2 Å². The average Bonchev–Trinajstić information content (AvgIpc) is 2.33. The molecule has 0 unspecified atom stereocenters. The maximum atomic E-state index is 8.78. The summed E-state index contributed by atoms with van der Waals surface area (Å²) in [7, 11) is 0. The Kier molecular flexibility index (Phi) is 3.04. The summed E-state index contributed by atoms with van der Waals surface area (Å²) in [6.45, 7) is 0. The molecule has 0 spiro atoms. The lowest BCUT2D eigenvalue weighted by molar-refractivity contribution is 0.485. The van der Waals surface area contributed by atoms with E-state index in [2.05, 4.69) is 4.98 Å². The van der Waals surface area contributed by atoms with Crippen LogP contribution >= 0.6 is 11.6 Å². The SMILES string of the molecule is N#[N+]c1ccccc1Oc1ccccc1Cl. The third kappa shape index (κ3) is 2.13. The third-order valence-corrected chi connectivity index (χ3v) is 2.34. The Morgan fingerprint density at radius 2 is 1.56 bits per heavy atom. The van der Waals surface area contributed by atoms with E-state index in [4.69, 9.17) is 21.7 Å². The zero-order valence-corrected chi connectivity index (χ0v) is 9.06. The van der Waals surface area contributed by atoms with Crippen molar-refractivity contribution in [3.05, 3.63) is 58.5 Å². The van der Waals surface area contributed by atoms with Gasteiger partial charge in [-0.1, -0.05) is 35.9 Å². The van der Waals surface area contributed by atoms with E-state index in [-0.39, 0.29) is 0 Å². The van der Waals surface area contributed by atoms with Crippen LogP contribution in [0, 0.1) is 5.39 Å². The highest BCUT2D eigenvalue weighted by Crippen LogP contribution is 2.34. The van der Waals surface area contributed by atoms with E-state index in [1.807, 2.05) is 12.1 Å². The molecule has 2 aromatic carbocycles. The number of diazo groups is 1. The molecule has 0 radical (unpaired) electrons. The van der Waals surface area contributed by atoms with Crippen LogP contribution in [-0.4, -0.2) is 0 Å². The minimum atomic E-state index is 0.363. The lowest BCUT2D eigenvalue weighted by atomic mass is 10.3. The van der Waals surface area contributed by atoms with Crippen molar-refractivity contribution in [3.63, 3.8) is 0 Å². The average molecular weight is 232 g/mol. The number of hydrogen-bond donors (Lipinski definition) is 0. The second-order valence-corrected chi connectivity index (χ2v) is 3.51. The molecule has 3 nitrogen and oxygen atoms in total. The Balaban J connectivity index is 2.35. The standard InChI is InChI=1S/C12H8ClN2O/c13-9-5-1-3-7-11(9)16-12-8-4-2-6-10(12)15-14/h1-8H/q+1.